The van der Waals surface area contributed by atoms with Gasteiger partial charge in [-0.25, -0.2) is 0 Å². The van der Waals surface area contributed by atoms with Gasteiger partial charge in [-0.05, 0) is 40.0 Å². The maximum absolute atomic E-state index is 12.0. The molecule has 3 heteroatoms. The maximum atomic E-state index is 12.0. The van der Waals surface area contributed by atoms with Gasteiger partial charge in [0.15, 0.2) is 5.78 Å². The molecule has 1 unspecified atom stereocenters. The van der Waals surface area contributed by atoms with Gasteiger partial charge in [0, 0.05) is 21.6 Å². The van der Waals surface area contributed by atoms with E-state index in [0.29, 0.717) is 17.2 Å². The summed E-state index contributed by atoms with van der Waals surface area (Å²) in [6.45, 7) is 6.05. The third-order valence-electron chi connectivity index (χ3n) is 2.67. The number of anilines is 1. The second-order valence-corrected chi connectivity index (χ2v) is 4.99. The molecule has 0 bridgehead atoms. The summed E-state index contributed by atoms with van der Waals surface area (Å²) in [6, 6.07) is 5.30. The summed E-state index contributed by atoms with van der Waals surface area (Å²) in [5, 5.41) is 0. The maximum Gasteiger partial charge on any atom is 0.167 e. The minimum absolute atomic E-state index is 0.0323. The molecule has 0 fully saturated rings. The Balaban J connectivity index is 3.01. The zero-order valence-corrected chi connectivity index (χ0v) is 10.8. The lowest BCUT2D eigenvalue weighted by atomic mass is 9.90. The van der Waals surface area contributed by atoms with E-state index < -0.39 is 0 Å². The molecule has 0 aromatic heterocycles. The standard InChI is InChI=1S/C12H16BrNO/c1-7(2)8(3)12(15)10-5-4-9(14)6-11(10)13/h4-8H,14H2,1-3H3. The van der Waals surface area contributed by atoms with Gasteiger partial charge in [-0.15, -0.1) is 0 Å². The molecule has 1 atom stereocenters. The topological polar surface area (TPSA) is 43.1 Å². The Morgan fingerprint density at radius 2 is 1.93 bits per heavy atom. The Morgan fingerprint density at radius 3 is 2.40 bits per heavy atom. The predicted octanol–water partition coefficient (Wildman–Crippen LogP) is 3.51. The van der Waals surface area contributed by atoms with Crippen LogP contribution in [0.25, 0.3) is 0 Å². The first-order valence-corrected chi connectivity index (χ1v) is 5.82. The smallest absolute Gasteiger partial charge is 0.167 e. The molecule has 15 heavy (non-hydrogen) atoms. The van der Waals surface area contributed by atoms with Crippen LogP contribution >= 0.6 is 15.9 Å². The van der Waals surface area contributed by atoms with Crippen LogP contribution in [0.5, 0.6) is 0 Å². The number of halogens is 1. The zero-order valence-electron chi connectivity index (χ0n) is 9.25. The van der Waals surface area contributed by atoms with Gasteiger partial charge < -0.3 is 5.73 Å². The van der Waals surface area contributed by atoms with E-state index in [0.717, 1.165) is 4.47 Å². The van der Waals surface area contributed by atoms with Crippen molar-refractivity contribution in [3.8, 4) is 0 Å². The van der Waals surface area contributed by atoms with E-state index in [-0.39, 0.29) is 11.7 Å². The first-order chi connectivity index (χ1) is 6.93. The van der Waals surface area contributed by atoms with Crippen molar-refractivity contribution < 1.29 is 4.79 Å². The third-order valence-corrected chi connectivity index (χ3v) is 3.33. The molecule has 0 radical (unpaired) electrons. The van der Waals surface area contributed by atoms with E-state index in [2.05, 4.69) is 15.9 Å². The molecule has 0 aliphatic heterocycles. The zero-order chi connectivity index (χ0) is 11.6. The van der Waals surface area contributed by atoms with Crippen molar-refractivity contribution in [3.05, 3.63) is 28.2 Å². The molecule has 82 valence electrons. The SMILES string of the molecule is CC(C)C(C)C(=O)c1ccc(N)cc1Br. The summed E-state index contributed by atoms with van der Waals surface area (Å²) in [4.78, 5) is 12.0. The number of rotatable bonds is 3. The minimum atomic E-state index is 0.0323. The predicted molar refractivity (Wildman–Crippen MR) is 66.9 cm³/mol. The van der Waals surface area contributed by atoms with Crippen molar-refractivity contribution in [2.24, 2.45) is 11.8 Å². The summed E-state index contributed by atoms with van der Waals surface area (Å²) in [6.07, 6.45) is 0. The van der Waals surface area contributed by atoms with E-state index in [1.54, 1.807) is 18.2 Å². The lowest BCUT2D eigenvalue weighted by molar-refractivity contribution is 0.0899. The molecular formula is C12H16BrNO. The first kappa shape index (κ1) is 12.2. The fourth-order valence-electron chi connectivity index (χ4n) is 1.28. The number of nitrogen functional groups attached to an aromatic ring is 1. The highest BCUT2D eigenvalue weighted by Crippen LogP contribution is 2.25. The molecule has 2 N–H and O–H groups in total. The van der Waals surface area contributed by atoms with Gasteiger partial charge in [-0.3, -0.25) is 4.79 Å². The van der Waals surface area contributed by atoms with Crippen LogP contribution in [-0.2, 0) is 0 Å². The number of ketones is 1. The number of hydrogen-bond donors (Lipinski definition) is 1. The number of Topliss-reactive ketones (excluding diaryl/α,β-unsaturated/α-hetero) is 1. The molecule has 0 aliphatic rings. The quantitative estimate of drug-likeness (QED) is 0.674. The van der Waals surface area contributed by atoms with Gasteiger partial charge in [0.1, 0.15) is 0 Å². The normalized spacial score (nSPS) is 12.9. The number of carbonyl (C=O) groups is 1. The van der Waals surface area contributed by atoms with Crippen LogP contribution < -0.4 is 5.73 Å². The number of carbonyl (C=O) groups excluding carboxylic acids is 1. The van der Waals surface area contributed by atoms with Gasteiger partial charge >= 0.3 is 0 Å². The van der Waals surface area contributed by atoms with Crippen molar-refractivity contribution in [2.45, 2.75) is 20.8 Å². The molecule has 0 spiro atoms. The second-order valence-electron chi connectivity index (χ2n) is 4.14. The lowest BCUT2D eigenvalue weighted by Gasteiger charge is -2.15. The summed E-state index contributed by atoms with van der Waals surface area (Å²) in [7, 11) is 0. The van der Waals surface area contributed by atoms with Crippen molar-refractivity contribution >= 4 is 27.4 Å². The number of nitrogens with two attached hydrogens (primary N) is 1. The van der Waals surface area contributed by atoms with Gasteiger partial charge in [0.2, 0.25) is 0 Å². The summed E-state index contributed by atoms with van der Waals surface area (Å²) in [5.41, 5.74) is 7.00. The lowest BCUT2D eigenvalue weighted by Crippen LogP contribution is -2.17. The summed E-state index contributed by atoms with van der Waals surface area (Å²) < 4.78 is 0.778. The average molecular weight is 270 g/mol. The highest BCUT2D eigenvalue weighted by atomic mass is 79.9. The van der Waals surface area contributed by atoms with Crippen LogP contribution in [-0.4, -0.2) is 5.78 Å². The largest absolute Gasteiger partial charge is 0.399 e. The highest BCUT2D eigenvalue weighted by Gasteiger charge is 2.20. The van der Waals surface area contributed by atoms with Crippen molar-refractivity contribution in [1.29, 1.82) is 0 Å². The molecule has 0 saturated carbocycles. The monoisotopic (exact) mass is 269 g/mol. The molecule has 1 aromatic rings. The molecule has 1 aromatic carbocycles. The fourth-order valence-corrected chi connectivity index (χ4v) is 1.87. The van der Waals surface area contributed by atoms with Crippen LogP contribution in [0.15, 0.2) is 22.7 Å². The fraction of sp³-hybridized carbons (Fsp3) is 0.417. The summed E-state index contributed by atoms with van der Waals surface area (Å²) in [5.74, 6) is 0.545. The van der Waals surface area contributed by atoms with E-state index >= 15 is 0 Å². The van der Waals surface area contributed by atoms with Gasteiger partial charge in [0.05, 0.1) is 0 Å². The molecular weight excluding hydrogens is 254 g/mol. The average Bonchev–Trinajstić information content (AvgIpc) is 2.15. The van der Waals surface area contributed by atoms with E-state index in [1.165, 1.54) is 0 Å². The molecule has 1 rings (SSSR count). The van der Waals surface area contributed by atoms with Gasteiger partial charge in [-0.2, -0.15) is 0 Å². The molecule has 0 amide bonds. The minimum Gasteiger partial charge on any atom is -0.399 e. The Kier molecular flexibility index (Phi) is 3.91. The third kappa shape index (κ3) is 2.81. The highest BCUT2D eigenvalue weighted by molar-refractivity contribution is 9.10. The summed E-state index contributed by atoms with van der Waals surface area (Å²) >= 11 is 3.36. The Bertz CT molecular complexity index is 374. The van der Waals surface area contributed by atoms with E-state index in [4.69, 9.17) is 5.73 Å². The molecule has 0 aliphatic carbocycles. The van der Waals surface area contributed by atoms with Crippen LogP contribution in [0, 0.1) is 11.8 Å². The van der Waals surface area contributed by atoms with Crippen molar-refractivity contribution in [2.75, 3.05) is 5.73 Å². The molecule has 0 saturated heterocycles. The van der Waals surface area contributed by atoms with Crippen LogP contribution in [0.3, 0.4) is 0 Å². The Hall–Kier alpha value is -0.830. The van der Waals surface area contributed by atoms with Gasteiger partial charge in [-0.1, -0.05) is 20.8 Å². The van der Waals surface area contributed by atoms with E-state index in [9.17, 15) is 4.79 Å². The van der Waals surface area contributed by atoms with E-state index in [1.807, 2.05) is 20.8 Å². The van der Waals surface area contributed by atoms with Crippen molar-refractivity contribution in [1.82, 2.24) is 0 Å². The van der Waals surface area contributed by atoms with Crippen LogP contribution in [0.1, 0.15) is 31.1 Å². The molecule has 2 nitrogen and oxygen atoms in total. The first-order valence-electron chi connectivity index (χ1n) is 5.02. The Morgan fingerprint density at radius 1 is 1.33 bits per heavy atom. The van der Waals surface area contributed by atoms with Crippen LogP contribution in [0.4, 0.5) is 5.69 Å². The van der Waals surface area contributed by atoms with Gasteiger partial charge in [0.25, 0.3) is 0 Å². The number of benzene rings is 1. The Labute approximate surface area is 99.0 Å². The van der Waals surface area contributed by atoms with Crippen LogP contribution in [0.2, 0.25) is 0 Å². The number of hydrogen-bond acceptors (Lipinski definition) is 2. The molecule has 0 heterocycles. The second kappa shape index (κ2) is 4.79. The van der Waals surface area contributed by atoms with Crippen molar-refractivity contribution in [3.63, 3.8) is 0 Å².